The Hall–Kier alpha value is -0.580. The van der Waals surface area contributed by atoms with Crippen LogP contribution in [0.1, 0.15) is 28.1 Å². The zero-order valence-corrected chi connectivity index (χ0v) is 10.8. The van der Waals surface area contributed by atoms with Gasteiger partial charge in [0, 0.05) is 6.04 Å². The molecule has 1 saturated heterocycles. The van der Waals surface area contributed by atoms with Gasteiger partial charge in [-0.1, -0.05) is 11.6 Å². The van der Waals surface area contributed by atoms with Crippen LogP contribution in [0.3, 0.4) is 0 Å². The predicted octanol–water partition coefficient (Wildman–Crippen LogP) is 2.19. The van der Waals surface area contributed by atoms with Gasteiger partial charge in [0.05, 0.1) is 5.02 Å². The van der Waals surface area contributed by atoms with Crippen molar-refractivity contribution in [1.29, 1.82) is 0 Å². The number of carbonyl (C=O) groups excluding carboxylic acids is 1. The number of halogens is 1. The van der Waals surface area contributed by atoms with E-state index in [-0.39, 0.29) is 11.9 Å². The van der Waals surface area contributed by atoms with Gasteiger partial charge in [-0.3, -0.25) is 4.79 Å². The maximum atomic E-state index is 11.9. The van der Waals surface area contributed by atoms with Gasteiger partial charge in [0.15, 0.2) is 0 Å². The molecular formula is C11H15ClN2OS. The molecule has 3 nitrogen and oxygen atoms in total. The average Bonchev–Trinajstić information content (AvgIpc) is 2.61. The molecular weight excluding hydrogens is 244 g/mol. The van der Waals surface area contributed by atoms with Gasteiger partial charge in [0.2, 0.25) is 0 Å². The van der Waals surface area contributed by atoms with Crippen LogP contribution in [0.5, 0.6) is 0 Å². The summed E-state index contributed by atoms with van der Waals surface area (Å²) in [6.45, 7) is 3.87. The zero-order valence-electron chi connectivity index (χ0n) is 9.18. The number of hydrogen-bond donors (Lipinski definition) is 2. The molecule has 0 atom stereocenters. The molecule has 16 heavy (non-hydrogen) atoms. The lowest BCUT2D eigenvalue weighted by molar-refractivity contribution is 0.0934. The summed E-state index contributed by atoms with van der Waals surface area (Å²) in [6, 6.07) is 0.284. The fourth-order valence-electron chi connectivity index (χ4n) is 1.80. The van der Waals surface area contributed by atoms with E-state index in [0.717, 1.165) is 31.5 Å². The number of thiophene rings is 1. The maximum absolute atomic E-state index is 11.9. The van der Waals surface area contributed by atoms with Crippen molar-refractivity contribution < 1.29 is 4.79 Å². The highest BCUT2D eigenvalue weighted by molar-refractivity contribution is 7.13. The van der Waals surface area contributed by atoms with Crippen molar-refractivity contribution in [2.75, 3.05) is 13.1 Å². The molecule has 1 fully saturated rings. The summed E-state index contributed by atoms with van der Waals surface area (Å²) < 4.78 is 0. The first kappa shape index (κ1) is 11.9. The molecule has 1 aliphatic rings. The monoisotopic (exact) mass is 258 g/mol. The van der Waals surface area contributed by atoms with Crippen molar-refractivity contribution in [2.24, 2.45) is 0 Å². The number of aryl methyl sites for hydroxylation is 1. The molecule has 2 rings (SSSR count). The minimum atomic E-state index is -0.0324. The molecule has 1 aliphatic heterocycles. The standard InChI is InChI=1S/C11H15ClN2OS/c1-7-6-16-10(9(7)12)11(15)14-8-2-4-13-5-3-8/h6,8,13H,2-5H2,1H3,(H,14,15). The molecule has 1 amide bonds. The van der Waals surface area contributed by atoms with Gasteiger partial charge < -0.3 is 10.6 Å². The number of amides is 1. The fraction of sp³-hybridized carbons (Fsp3) is 0.545. The first-order chi connectivity index (χ1) is 7.68. The van der Waals surface area contributed by atoms with Crippen LogP contribution < -0.4 is 10.6 Å². The minimum absolute atomic E-state index is 0.0324. The molecule has 5 heteroatoms. The van der Waals surface area contributed by atoms with E-state index in [1.54, 1.807) is 0 Å². The van der Waals surface area contributed by atoms with Crippen LogP contribution in [0.25, 0.3) is 0 Å². The van der Waals surface area contributed by atoms with Gasteiger partial charge in [-0.2, -0.15) is 0 Å². The Balaban J connectivity index is 1.99. The van der Waals surface area contributed by atoms with Crippen molar-refractivity contribution >= 4 is 28.8 Å². The Morgan fingerprint density at radius 1 is 1.56 bits per heavy atom. The molecule has 2 N–H and O–H groups in total. The highest BCUT2D eigenvalue weighted by atomic mass is 35.5. The van der Waals surface area contributed by atoms with E-state index in [9.17, 15) is 4.79 Å². The smallest absolute Gasteiger partial charge is 0.263 e. The summed E-state index contributed by atoms with van der Waals surface area (Å²) in [5.74, 6) is -0.0324. The molecule has 0 bridgehead atoms. The van der Waals surface area contributed by atoms with E-state index in [1.165, 1.54) is 11.3 Å². The molecule has 0 aromatic carbocycles. The average molecular weight is 259 g/mol. The molecule has 0 radical (unpaired) electrons. The third-order valence-electron chi connectivity index (χ3n) is 2.78. The highest BCUT2D eigenvalue weighted by Gasteiger charge is 2.19. The van der Waals surface area contributed by atoms with Crippen LogP contribution in [0.4, 0.5) is 0 Å². The minimum Gasteiger partial charge on any atom is -0.348 e. The first-order valence-corrected chi connectivity index (χ1v) is 6.69. The number of hydrogen-bond acceptors (Lipinski definition) is 3. The number of rotatable bonds is 2. The number of carbonyl (C=O) groups is 1. The second-order valence-electron chi connectivity index (χ2n) is 4.06. The van der Waals surface area contributed by atoms with Crippen molar-refractivity contribution in [1.82, 2.24) is 10.6 Å². The zero-order chi connectivity index (χ0) is 11.5. The van der Waals surface area contributed by atoms with Crippen LogP contribution in [0, 0.1) is 6.92 Å². The summed E-state index contributed by atoms with van der Waals surface area (Å²) in [5.41, 5.74) is 0.974. The van der Waals surface area contributed by atoms with Crippen LogP contribution in [0.15, 0.2) is 5.38 Å². The first-order valence-electron chi connectivity index (χ1n) is 5.43. The Kier molecular flexibility index (Phi) is 3.84. The van der Waals surface area contributed by atoms with Crippen LogP contribution in [-0.4, -0.2) is 25.0 Å². The summed E-state index contributed by atoms with van der Waals surface area (Å²) in [5, 5.41) is 8.82. The van der Waals surface area contributed by atoms with Crippen LogP contribution >= 0.6 is 22.9 Å². The van der Waals surface area contributed by atoms with Crippen molar-refractivity contribution in [3.05, 3.63) is 20.8 Å². The highest BCUT2D eigenvalue weighted by Crippen LogP contribution is 2.27. The number of piperidine rings is 1. The summed E-state index contributed by atoms with van der Waals surface area (Å²) in [4.78, 5) is 12.6. The number of nitrogens with one attached hydrogen (secondary N) is 2. The molecule has 0 spiro atoms. The molecule has 0 saturated carbocycles. The lowest BCUT2D eigenvalue weighted by Crippen LogP contribution is -2.42. The largest absolute Gasteiger partial charge is 0.348 e. The van der Waals surface area contributed by atoms with Crippen molar-refractivity contribution in [3.8, 4) is 0 Å². The fourth-order valence-corrected chi connectivity index (χ4v) is 2.98. The van der Waals surface area contributed by atoms with Gasteiger partial charge >= 0.3 is 0 Å². The third-order valence-corrected chi connectivity index (χ3v) is 4.48. The summed E-state index contributed by atoms with van der Waals surface area (Å²) in [7, 11) is 0. The molecule has 1 aromatic heterocycles. The molecule has 0 unspecified atom stereocenters. The maximum Gasteiger partial charge on any atom is 0.263 e. The SMILES string of the molecule is Cc1csc(C(=O)NC2CCNCC2)c1Cl. The quantitative estimate of drug-likeness (QED) is 0.854. The van der Waals surface area contributed by atoms with Gasteiger partial charge in [0.25, 0.3) is 5.91 Å². The van der Waals surface area contributed by atoms with Gasteiger partial charge in [-0.25, -0.2) is 0 Å². The van der Waals surface area contributed by atoms with E-state index in [2.05, 4.69) is 10.6 Å². The molecule has 2 heterocycles. The van der Waals surface area contributed by atoms with E-state index in [4.69, 9.17) is 11.6 Å². The molecule has 88 valence electrons. The summed E-state index contributed by atoms with van der Waals surface area (Å²) in [6.07, 6.45) is 1.99. The lowest BCUT2D eigenvalue weighted by atomic mass is 10.1. The van der Waals surface area contributed by atoms with Crippen molar-refractivity contribution in [2.45, 2.75) is 25.8 Å². The second-order valence-corrected chi connectivity index (χ2v) is 5.32. The van der Waals surface area contributed by atoms with E-state index < -0.39 is 0 Å². The summed E-state index contributed by atoms with van der Waals surface area (Å²) >= 11 is 7.47. The normalized spacial score (nSPS) is 17.4. The van der Waals surface area contributed by atoms with E-state index >= 15 is 0 Å². The Bertz CT molecular complexity index is 385. The van der Waals surface area contributed by atoms with E-state index in [0.29, 0.717) is 9.90 Å². The Morgan fingerprint density at radius 2 is 2.25 bits per heavy atom. The Labute approximate surface area is 104 Å². The van der Waals surface area contributed by atoms with Gasteiger partial charge in [-0.05, 0) is 43.8 Å². The van der Waals surface area contributed by atoms with Crippen LogP contribution in [0.2, 0.25) is 5.02 Å². The topological polar surface area (TPSA) is 41.1 Å². The predicted molar refractivity (Wildman–Crippen MR) is 67.4 cm³/mol. The lowest BCUT2D eigenvalue weighted by Gasteiger charge is -2.23. The van der Waals surface area contributed by atoms with Crippen molar-refractivity contribution in [3.63, 3.8) is 0 Å². The van der Waals surface area contributed by atoms with Gasteiger partial charge in [0.1, 0.15) is 4.88 Å². The van der Waals surface area contributed by atoms with Crippen LogP contribution in [-0.2, 0) is 0 Å². The molecule has 1 aromatic rings. The Morgan fingerprint density at radius 3 is 2.81 bits per heavy atom. The van der Waals surface area contributed by atoms with Gasteiger partial charge in [-0.15, -0.1) is 11.3 Å². The van der Waals surface area contributed by atoms with E-state index in [1.807, 2.05) is 12.3 Å². The second kappa shape index (κ2) is 5.17. The molecule has 0 aliphatic carbocycles. The third kappa shape index (κ3) is 2.56.